The Bertz CT molecular complexity index is 1130. The molecule has 0 aliphatic carbocycles. The van der Waals surface area contributed by atoms with Gasteiger partial charge in [-0.05, 0) is 32.9 Å². The van der Waals surface area contributed by atoms with E-state index in [1.54, 1.807) is 23.3 Å². The van der Waals surface area contributed by atoms with Crippen LogP contribution in [0.25, 0.3) is 33.6 Å². The smallest absolute Gasteiger partial charge is 0.255 e. The zero-order valence-electron chi connectivity index (χ0n) is 15.0. The molecule has 0 spiro atoms. The lowest BCUT2D eigenvalue weighted by Crippen LogP contribution is -2.40. The second-order valence-electron chi connectivity index (χ2n) is 7.21. The molecule has 0 unspecified atom stereocenters. The monoisotopic (exact) mass is 349 g/mol. The number of aryl methyl sites for hydroxylation is 1. The van der Waals surface area contributed by atoms with Crippen LogP contribution in [0.4, 0.5) is 0 Å². The van der Waals surface area contributed by atoms with Gasteiger partial charge in [0.1, 0.15) is 16.9 Å². The average Bonchev–Trinajstić information content (AvgIpc) is 3.15. The van der Waals surface area contributed by atoms with Crippen molar-refractivity contribution in [1.82, 2.24) is 35.0 Å². The molecular formula is C18H19N7O. The van der Waals surface area contributed by atoms with Crippen molar-refractivity contribution in [2.75, 3.05) is 0 Å². The molecule has 0 radical (unpaired) electrons. The first-order valence-corrected chi connectivity index (χ1v) is 8.28. The molecule has 4 rings (SSSR count). The van der Waals surface area contributed by atoms with Crippen molar-refractivity contribution in [1.29, 1.82) is 0 Å². The quantitative estimate of drug-likeness (QED) is 0.579. The molecule has 1 amide bonds. The molecule has 0 atom stereocenters. The Morgan fingerprint density at radius 1 is 1.27 bits per heavy atom. The van der Waals surface area contributed by atoms with Crippen molar-refractivity contribution in [2.24, 2.45) is 7.05 Å². The van der Waals surface area contributed by atoms with E-state index in [9.17, 15) is 4.79 Å². The molecule has 4 aromatic rings. The number of pyridine rings is 1. The number of nitrogens with zero attached hydrogens (tertiary/aromatic N) is 5. The molecule has 4 heterocycles. The maximum absolute atomic E-state index is 12.6. The standard InChI is InChI=1S/C18H19N7O/c1-18(2,3)23-17(26)11-8-20-15-14(11)22-12(9-21-15)13-10-6-5-7-19-16(10)25(4)24-13/h5-9H,1-4H3,(H,20,21)(H,23,26). The van der Waals surface area contributed by atoms with Gasteiger partial charge in [0.05, 0.1) is 11.8 Å². The molecule has 4 aromatic heterocycles. The normalized spacial score (nSPS) is 12.0. The molecule has 2 N–H and O–H groups in total. The minimum atomic E-state index is -0.339. The van der Waals surface area contributed by atoms with Gasteiger partial charge in [0, 0.05) is 30.4 Å². The van der Waals surface area contributed by atoms with E-state index < -0.39 is 0 Å². The Hall–Kier alpha value is -3.29. The number of amides is 1. The summed E-state index contributed by atoms with van der Waals surface area (Å²) < 4.78 is 1.71. The van der Waals surface area contributed by atoms with E-state index in [4.69, 9.17) is 0 Å². The third-order valence-electron chi connectivity index (χ3n) is 3.95. The number of nitrogens with one attached hydrogen (secondary N) is 2. The predicted molar refractivity (Wildman–Crippen MR) is 98.6 cm³/mol. The Balaban J connectivity index is 1.85. The molecule has 132 valence electrons. The molecule has 0 aliphatic rings. The number of carbonyl (C=O) groups excluding carboxylic acids is 1. The van der Waals surface area contributed by atoms with Gasteiger partial charge in [0.25, 0.3) is 5.91 Å². The van der Waals surface area contributed by atoms with Gasteiger partial charge >= 0.3 is 0 Å². The number of aromatic amines is 1. The van der Waals surface area contributed by atoms with Crippen molar-refractivity contribution in [3.8, 4) is 11.4 Å². The minimum Gasteiger partial charge on any atom is -0.347 e. The number of aromatic nitrogens is 6. The fourth-order valence-corrected chi connectivity index (χ4v) is 2.87. The van der Waals surface area contributed by atoms with E-state index in [0.29, 0.717) is 28.1 Å². The van der Waals surface area contributed by atoms with E-state index in [1.807, 2.05) is 40.0 Å². The van der Waals surface area contributed by atoms with E-state index in [1.165, 1.54) is 0 Å². The van der Waals surface area contributed by atoms with Crippen molar-refractivity contribution in [3.05, 3.63) is 36.3 Å². The number of hydrogen-bond donors (Lipinski definition) is 2. The van der Waals surface area contributed by atoms with Crippen LogP contribution < -0.4 is 5.32 Å². The van der Waals surface area contributed by atoms with E-state index in [0.717, 1.165) is 11.0 Å². The molecule has 0 fully saturated rings. The molecule has 0 aromatic carbocycles. The average molecular weight is 349 g/mol. The van der Waals surface area contributed by atoms with Gasteiger partial charge < -0.3 is 10.3 Å². The fraction of sp³-hybridized carbons (Fsp3) is 0.278. The summed E-state index contributed by atoms with van der Waals surface area (Å²) in [5, 5.41) is 8.37. The zero-order valence-corrected chi connectivity index (χ0v) is 15.0. The van der Waals surface area contributed by atoms with Crippen LogP contribution in [0.2, 0.25) is 0 Å². The molecule has 8 heteroatoms. The second kappa shape index (κ2) is 5.62. The Morgan fingerprint density at radius 3 is 2.85 bits per heavy atom. The van der Waals surface area contributed by atoms with Gasteiger partial charge in [0.15, 0.2) is 11.3 Å². The lowest BCUT2D eigenvalue weighted by molar-refractivity contribution is 0.0921. The first-order valence-electron chi connectivity index (χ1n) is 8.28. The summed E-state index contributed by atoms with van der Waals surface area (Å²) >= 11 is 0. The van der Waals surface area contributed by atoms with Crippen LogP contribution in [0.5, 0.6) is 0 Å². The van der Waals surface area contributed by atoms with Crippen molar-refractivity contribution in [2.45, 2.75) is 26.3 Å². The maximum atomic E-state index is 12.6. The van der Waals surface area contributed by atoms with Crippen LogP contribution in [0, 0.1) is 0 Å². The number of fused-ring (bicyclic) bond motifs is 2. The first kappa shape index (κ1) is 16.2. The summed E-state index contributed by atoms with van der Waals surface area (Å²) in [7, 11) is 1.84. The zero-order chi connectivity index (χ0) is 18.5. The lowest BCUT2D eigenvalue weighted by atomic mass is 10.1. The summed E-state index contributed by atoms with van der Waals surface area (Å²) in [5.41, 5.74) is 3.26. The van der Waals surface area contributed by atoms with E-state index in [2.05, 4.69) is 30.4 Å². The number of carbonyl (C=O) groups is 1. The summed E-state index contributed by atoms with van der Waals surface area (Å²) in [5.74, 6) is -0.192. The summed E-state index contributed by atoms with van der Waals surface area (Å²) in [6.07, 6.45) is 5.01. The van der Waals surface area contributed by atoms with Gasteiger partial charge in [-0.3, -0.25) is 4.79 Å². The van der Waals surface area contributed by atoms with Crippen LogP contribution in [0.15, 0.2) is 30.7 Å². The van der Waals surface area contributed by atoms with Crippen molar-refractivity contribution < 1.29 is 4.79 Å². The molecule has 0 bridgehead atoms. The van der Waals surface area contributed by atoms with Crippen LogP contribution in [-0.2, 0) is 7.05 Å². The van der Waals surface area contributed by atoms with Gasteiger partial charge in [0.2, 0.25) is 0 Å². The predicted octanol–water partition coefficient (Wildman–Crippen LogP) is 2.43. The largest absolute Gasteiger partial charge is 0.347 e. The highest BCUT2D eigenvalue weighted by Gasteiger charge is 2.21. The molecule has 0 saturated heterocycles. The summed E-state index contributed by atoms with van der Waals surface area (Å²) in [6, 6.07) is 3.80. The van der Waals surface area contributed by atoms with E-state index >= 15 is 0 Å². The molecule has 0 aliphatic heterocycles. The minimum absolute atomic E-state index is 0.192. The highest BCUT2D eigenvalue weighted by atomic mass is 16.1. The SMILES string of the molecule is Cn1nc(-c2cnc3[nH]cc(C(=O)NC(C)(C)C)c3n2)c2cccnc21. The Morgan fingerprint density at radius 2 is 2.08 bits per heavy atom. The van der Waals surface area contributed by atoms with Gasteiger partial charge in [-0.2, -0.15) is 5.10 Å². The van der Waals surface area contributed by atoms with E-state index in [-0.39, 0.29) is 11.4 Å². The van der Waals surface area contributed by atoms with Gasteiger partial charge in [-0.1, -0.05) is 0 Å². The number of H-pyrrole nitrogens is 1. The van der Waals surface area contributed by atoms with Crippen LogP contribution >= 0.6 is 0 Å². The summed E-state index contributed by atoms with van der Waals surface area (Å²) in [4.78, 5) is 29.0. The van der Waals surface area contributed by atoms with Gasteiger partial charge in [-0.15, -0.1) is 0 Å². The number of hydrogen-bond acceptors (Lipinski definition) is 5. The third kappa shape index (κ3) is 2.69. The van der Waals surface area contributed by atoms with Crippen molar-refractivity contribution >= 4 is 28.1 Å². The fourth-order valence-electron chi connectivity index (χ4n) is 2.87. The summed E-state index contributed by atoms with van der Waals surface area (Å²) in [6.45, 7) is 5.80. The molecule has 26 heavy (non-hydrogen) atoms. The van der Waals surface area contributed by atoms with Gasteiger partial charge in [-0.25, -0.2) is 19.6 Å². The van der Waals surface area contributed by atoms with Crippen LogP contribution in [0.3, 0.4) is 0 Å². The van der Waals surface area contributed by atoms with Crippen LogP contribution in [0.1, 0.15) is 31.1 Å². The first-order chi connectivity index (χ1) is 12.3. The lowest BCUT2D eigenvalue weighted by Gasteiger charge is -2.19. The maximum Gasteiger partial charge on any atom is 0.255 e. The molecule has 8 nitrogen and oxygen atoms in total. The highest BCUT2D eigenvalue weighted by Crippen LogP contribution is 2.26. The second-order valence-corrected chi connectivity index (χ2v) is 7.21. The third-order valence-corrected chi connectivity index (χ3v) is 3.95. The Kier molecular flexibility index (Phi) is 3.50. The Labute approximate surface area is 149 Å². The topological polar surface area (TPSA) is 101 Å². The molecule has 0 saturated carbocycles. The molecular weight excluding hydrogens is 330 g/mol. The van der Waals surface area contributed by atoms with Crippen LogP contribution in [-0.4, -0.2) is 41.2 Å². The number of rotatable bonds is 2. The van der Waals surface area contributed by atoms with Crippen molar-refractivity contribution in [3.63, 3.8) is 0 Å². The highest BCUT2D eigenvalue weighted by molar-refractivity contribution is 6.05.